The van der Waals surface area contributed by atoms with Crippen LogP contribution in [0.1, 0.15) is 37.3 Å². The fourth-order valence-electron chi connectivity index (χ4n) is 4.61. The minimum absolute atomic E-state index is 0.0906. The van der Waals surface area contributed by atoms with E-state index in [2.05, 4.69) is 66.3 Å². The molecule has 152 valence electrons. The van der Waals surface area contributed by atoms with E-state index in [0.717, 1.165) is 6.42 Å². The molecule has 0 N–H and O–H groups in total. The second-order valence-corrected chi connectivity index (χ2v) is 8.36. The number of aryl methyl sites for hydroxylation is 1. The van der Waals surface area contributed by atoms with Gasteiger partial charge >= 0.3 is 0 Å². The Hall–Kier alpha value is -2.59. The van der Waals surface area contributed by atoms with Gasteiger partial charge in [0.05, 0.1) is 12.2 Å². The summed E-state index contributed by atoms with van der Waals surface area (Å²) >= 11 is 0. The van der Waals surface area contributed by atoms with Gasteiger partial charge in [0.2, 0.25) is 5.91 Å². The van der Waals surface area contributed by atoms with E-state index >= 15 is 0 Å². The summed E-state index contributed by atoms with van der Waals surface area (Å²) in [6.45, 7) is 5.44. The summed E-state index contributed by atoms with van der Waals surface area (Å²) in [7, 11) is 2.08. The Bertz CT molecular complexity index is 969. The fourth-order valence-corrected chi connectivity index (χ4v) is 4.61. The van der Waals surface area contributed by atoms with Gasteiger partial charge < -0.3 is 14.2 Å². The minimum Gasteiger partial charge on any atom is -0.372 e. The van der Waals surface area contributed by atoms with Crippen molar-refractivity contribution in [1.29, 1.82) is 0 Å². The Morgan fingerprint density at radius 3 is 2.41 bits per heavy atom. The summed E-state index contributed by atoms with van der Waals surface area (Å²) < 4.78 is 7.99. The third-order valence-corrected chi connectivity index (χ3v) is 5.89. The predicted octanol–water partition coefficient (Wildman–Crippen LogP) is 4.53. The molecule has 0 bridgehead atoms. The largest absolute Gasteiger partial charge is 0.372 e. The first-order valence-corrected chi connectivity index (χ1v) is 10.5. The highest BCUT2D eigenvalue weighted by atomic mass is 16.5. The number of aromatic nitrogens is 1. The van der Waals surface area contributed by atoms with Gasteiger partial charge in [-0.2, -0.15) is 0 Å². The van der Waals surface area contributed by atoms with Crippen LogP contribution in [-0.2, 0) is 23.0 Å². The molecule has 4 rings (SSSR count). The van der Waals surface area contributed by atoms with Crippen LogP contribution < -0.4 is 0 Å². The van der Waals surface area contributed by atoms with Crippen molar-refractivity contribution >= 4 is 16.8 Å². The highest BCUT2D eigenvalue weighted by Gasteiger charge is 2.29. The first kappa shape index (κ1) is 19.7. The molecule has 0 saturated carbocycles. The fraction of sp³-hybridized carbons (Fsp3) is 0.400. The molecule has 1 amide bonds. The van der Waals surface area contributed by atoms with Crippen molar-refractivity contribution in [3.8, 4) is 0 Å². The van der Waals surface area contributed by atoms with Crippen molar-refractivity contribution in [2.45, 2.75) is 44.8 Å². The number of benzene rings is 2. The molecule has 2 aromatic carbocycles. The van der Waals surface area contributed by atoms with Crippen LogP contribution in [0.15, 0.2) is 60.8 Å². The first-order valence-electron chi connectivity index (χ1n) is 10.5. The SMILES string of the molecule is CC1CN(C(=O)CC(Cc2ccccc2)c2cn(C)c3ccccc23)CC(C)O1. The lowest BCUT2D eigenvalue weighted by atomic mass is 9.88. The molecule has 2 heterocycles. The molecule has 3 aromatic rings. The van der Waals surface area contributed by atoms with Crippen molar-refractivity contribution in [3.05, 3.63) is 71.9 Å². The average molecular weight is 391 g/mol. The maximum absolute atomic E-state index is 13.3. The normalized spacial score (nSPS) is 20.7. The van der Waals surface area contributed by atoms with Gasteiger partial charge in [0, 0.05) is 43.7 Å². The van der Waals surface area contributed by atoms with Gasteiger partial charge in [0.25, 0.3) is 0 Å². The second kappa shape index (κ2) is 8.42. The molecule has 1 fully saturated rings. The molecule has 29 heavy (non-hydrogen) atoms. The molecule has 3 atom stereocenters. The van der Waals surface area contributed by atoms with E-state index < -0.39 is 0 Å². The van der Waals surface area contributed by atoms with Crippen LogP contribution in [0, 0.1) is 0 Å². The molecule has 0 radical (unpaired) electrons. The number of para-hydroxylation sites is 1. The summed E-state index contributed by atoms with van der Waals surface area (Å²) in [5.41, 5.74) is 3.73. The molecule has 3 unspecified atom stereocenters. The van der Waals surface area contributed by atoms with E-state index in [1.54, 1.807) is 0 Å². The van der Waals surface area contributed by atoms with Crippen molar-refractivity contribution in [2.24, 2.45) is 7.05 Å². The maximum atomic E-state index is 13.3. The summed E-state index contributed by atoms with van der Waals surface area (Å²) in [5, 5.41) is 1.24. The summed E-state index contributed by atoms with van der Waals surface area (Å²) in [5.74, 6) is 0.366. The molecule has 1 saturated heterocycles. The van der Waals surface area contributed by atoms with E-state index in [0.29, 0.717) is 19.5 Å². The number of nitrogens with zero attached hydrogens (tertiary/aromatic N) is 2. The monoisotopic (exact) mass is 390 g/mol. The van der Waals surface area contributed by atoms with E-state index in [-0.39, 0.29) is 24.0 Å². The zero-order chi connectivity index (χ0) is 20.4. The zero-order valence-corrected chi connectivity index (χ0v) is 17.5. The average Bonchev–Trinajstić information content (AvgIpc) is 3.04. The number of ether oxygens (including phenoxy) is 1. The van der Waals surface area contributed by atoms with Crippen LogP contribution in [0.4, 0.5) is 0 Å². The Labute approximate surface area is 173 Å². The Morgan fingerprint density at radius 1 is 1.03 bits per heavy atom. The molecule has 1 aromatic heterocycles. The van der Waals surface area contributed by atoms with Crippen LogP contribution in [0.5, 0.6) is 0 Å². The van der Waals surface area contributed by atoms with Crippen molar-refractivity contribution < 1.29 is 9.53 Å². The van der Waals surface area contributed by atoms with Gasteiger partial charge in [-0.05, 0) is 43.4 Å². The van der Waals surface area contributed by atoms with Gasteiger partial charge in [0.15, 0.2) is 0 Å². The van der Waals surface area contributed by atoms with Crippen molar-refractivity contribution in [2.75, 3.05) is 13.1 Å². The third-order valence-electron chi connectivity index (χ3n) is 5.89. The van der Waals surface area contributed by atoms with Crippen LogP contribution in [0.2, 0.25) is 0 Å². The highest BCUT2D eigenvalue weighted by molar-refractivity contribution is 5.86. The van der Waals surface area contributed by atoms with Crippen molar-refractivity contribution in [3.63, 3.8) is 0 Å². The predicted molar refractivity (Wildman–Crippen MR) is 117 cm³/mol. The molecule has 0 aliphatic carbocycles. The topological polar surface area (TPSA) is 34.5 Å². The minimum atomic E-state index is 0.0906. The molecule has 4 nitrogen and oxygen atoms in total. The Morgan fingerprint density at radius 2 is 1.69 bits per heavy atom. The number of hydrogen-bond acceptors (Lipinski definition) is 2. The van der Waals surface area contributed by atoms with Gasteiger partial charge in [-0.1, -0.05) is 48.5 Å². The number of carbonyl (C=O) groups is 1. The van der Waals surface area contributed by atoms with Gasteiger partial charge in [-0.3, -0.25) is 4.79 Å². The van der Waals surface area contributed by atoms with Crippen LogP contribution in [0.3, 0.4) is 0 Å². The summed E-state index contributed by atoms with van der Waals surface area (Å²) in [6.07, 6.45) is 3.76. The van der Waals surface area contributed by atoms with E-state index in [1.165, 1.54) is 22.0 Å². The standard InChI is InChI=1S/C25H30N2O2/c1-18-15-27(16-19(2)29-18)25(28)14-21(13-20-9-5-4-6-10-20)23-17-26(3)24-12-8-7-11-22(23)24/h4-12,17-19,21H,13-16H2,1-3H3. The lowest BCUT2D eigenvalue weighted by Crippen LogP contribution is -2.48. The first-order chi connectivity index (χ1) is 14.0. The van der Waals surface area contributed by atoms with Crippen LogP contribution in [0.25, 0.3) is 10.9 Å². The lowest BCUT2D eigenvalue weighted by Gasteiger charge is -2.36. The number of fused-ring (bicyclic) bond motifs is 1. The second-order valence-electron chi connectivity index (χ2n) is 8.36. The Balaban J connectivity index is 1.64. The molecule has 1 aliphatic heterocycles. The van der Waals surface area contributed by atoms with Crippen LogP contribution in [-0.4, -0.2) is 40.7 Å². The highest BCUT2D eigenvalue weighted by Crippen LogP contribution is 2.33. The molecule has 4 heteroatoms. The van der Waals surface area contributed by atoms with Gasteiger partial charge in [0.1, 0.15) is 0 Å². The van der Waals surface area contributed by atoms with E-state index in [1.807, 2.05) is 24.8 Å². The van der Waals surface area contributed by atoms with Crippen molar-refractivity contribution in [1.82, 2.24) is 9.47 Å². The number of rotatable bonds is 5. The quantitative estimate of drug-likeness (QED) is 0.641. The molecule has 1 aliphatic rings. The smallest absolute Gasteiger partial charge is 0.223 e. The lowest BCUT2D eigenvalue weighted by molar-refractivity contribution is -0.143. The van der Waals surface area contributed by atoms with Gasteiger partial charge in [-0.15, -0.1) is 0 Å². The number of amides is 1. The Kier molecular flexibility index (Phi) is 5.72. The van der Waals surface area contributed by atoms with E-state index in [9.17, 15) is 4.79 Å². The number of hydrogen-bond donors (Lipinski definition) is 0. The third kappa shape index (κ3) is 4.38. The molecular formula is C25H30N2O2. The zero-order valence-electron chi connectivity index (χ0n) is 17.5. The summed E-state index contributed by atoms with van der Waals surface area (Å²) in [4.78, 5) is 15.3. The number of morpholine rings is 1. The maximum Gasteiger partial charge on any atom is 0.223 e. The molecular weight excluding hydrogens is 360 g/mol. The van der Waals surface area contributed by atoms with Gasteiger partial charge in [-0.25, -0.2) is 0 Å². The van der Waals surface area contributed by atoms with Crippen LogP contribution >= 0.6 is 0 Å². The van der Waals surface area contributed by atoms with E-state index in [4.69, 9.17) is 4.74 Å². The number of carbonyl (C=O) groups excluding carboxylic acids is 1. The molecule has 0 spiro atoms. The summed E-state index contributed by atoms with van der Waals surface area (Å²) in [6, 6.07) is 19.0.